The molecule has 0 aromatic heterocycles. The van der Waals surface area contributed by atoms with Crippen molar-refractivity contribution in [1.29, 1.82) is 0 Å². The van der Waals surface area contributed by atoms with Gasteiger partial charge in [0, 0.05) is 0 Å². The first-order valence-corrected chi connectivity index (χ1v) is 5.01. The molecule has 0 saturated carbocycles. The summed E-state index contributed by atoms with van der Waals surface area (Å²) < 4.78 is 18.3. The predicted octanol–water partition coefficient (Wildman–Crippen LogP) is 2.72. The Morgan fingerprint density at radius 1 is 1.56 bits per heavy atom. The Morgan fingerprint density at radius 3 is 2.69 bits per heavy atom. The van der Waals surface area contributed by atoms with E-state index >= 15 is 0 Å². The van der Waals surface area contributed by atoms with E-state index in [1.54, 1.807) is 13.0 Å². The van der Waals surface area contributed by atoms with Crippen LogP contribution in [0.5, 0.6) is 5.75 Å². The van der Waals surface area contributed by atoms with Crippen LogP contribution in [0.15, 0.2) is 12.1 Å². The minimum Gasteiger partial charge on any atom is -0.494 e. The molecule has 16 heavy (non-hydrogen) atoms. The third-order valence-electron chi connectivity index (χ3n) is 2.55. The van der Waals surface area contributed by atoms with E-state index < -0.39 is 11.8 Å². The van der Waals surface area contributed by atoms with Gasteiger partial charge in [-0.05, 0) is 36.1 Å². The number of methoxy groups -OCH3 is 1. The van der Waals surface area contributed by atoms with Crippen molar-refractivity contribution in [3.63, 3.8) is 0 Å². The Bertz CT molecular complexity index is 401. The highest BCUT2D eigenvalue weighted by Gasteiger charge is 2.15. The fraction of sp³-hybridized carbons (Fsp3) is 0.417. The summed E-state index contributed by atoms with van der Waals surface area (Å²) in [4.78, 5) is 10.6. The third kappa shape index (κ3) is 2.72. The molecular formula is C12H15FO3. The lowest BCUT2D eigenvalue weighted by Crippen LogP contribution is -2.05. The summed E-state index contributed by atoms with van der Waals surface area (Å²) in [6.07, 6.45) is -0.00733. The maximum Gasteiger partial charge on any atom is 0.303 e. The van der Waals surface area contributed by atoms with E-state index in [4.69, 9.17) is 9.84 Å². The summed E-state index contributed by atoms with van der Waals surface area (Å²) in [6, 6.07) is 2.94. The second-order valence-electron chi connectivity index (χ2n) is 3.84. The van der Waals surface area contributed by atoms with Crippen molar-refractivity contribution in [2.24, 2.45) is 0 Å². The lowest BCUT2D eigenvalue weighted by molar-refractivity contribution is -0.137. The van der Waals surface area contributed by atoms with Gasteiger partial charge in [-0.2, -0.15) is 0 Å². The van der Waals surface area contributed by atoms with Gasteiger partial charge < -0.3 is 9.84 Å². The molecule has 0 fully saturated rings. The number of hydrogen-bond donors (Lipinski definition) is 1. The van der Waals surface area contributed by atoms with E-state index in [0.29, 0.717) is 5.56 Å². The fourth-order valence-electron chi connectivity index (χ4n) is 1.73. The van der Waals surface area contributed by atoms with E-state index in [9.17, 15) is 9.18 Å². The number of carbonyl (C=O) groups is 1. The van der Waals surface area contributed by atoms with Gasteiger partial charge in [-0.25, -0.2) is 4.39 Å². The summed E-state index contributed by atoms with van der Waals surface area (Å²) in [5, 5.41) is 8.69. The van der Waals surface area contributed by atoms with Crippen molar-refractivity contribution >= 4 is 5.97 Å². The van der Waals surface area contributed by atoms with Crippen LogP contribution in [0.3, 0.4) is 0 Å². The zero-order chi connectivity index (χ0) is 12.3. The number of aryl methyl sites for hydroxylation is 1. The van der Waals surface area contributed by atoms with Crippen molar-refractivity contribution in [2.45, 2.75) is 26.2 Å². The second-order valence-corrected chi connectivity index (χ2v) is 3.84. The van der Waals surface area contributed by atoms with Gasteiger partial charge in [0.1, 0.15) is 0 Å². The molecular weight excluding hydrogens is 211 g/mol. The Hall–Kier alpha value is -1.58. The third-order valence-corrected chi connectivity index (χ3v) is 2.55. The molecule has 0 aliphatic rings. The first-order valence-electron chi connectivity index (χ1n) is 5.01. The maximum atomic E-state index is 13.5. The van der Waals surface area contributed by atoms with Gasteiger partial charge in [0.15, 0.2) is 11.6 Å². The zero-order valence-corrected chi connectivity index (χ0v) is 9.58. The lowest BCUT2D eigenvalue weighted by atomic mass is 9.93. The molecule has 1 unspecified atom stereocenters. The molecule has 0 aliphatic carbocycles. The molecule has 1 rings (SSSR count). The smallest absolute Gasteiger partial charge is 0.303 e. The molecule has 1 aromatic carbocycles. The highest BCUT2D eigenvalue weighted by molar-refractivity contribution is 5.68. The van der Waals surface area contributed by atoms with Crippen molar-refractivity contribution in [2.75, 3.05) is 7.11 Å². The van der Waals surface area contributed by atoms with Gasteiger partial charge in [0.05, 0.1) is 13.5 Å². The Balaban J connectivity index is 3.05. The Morgan fingerprint density at radius 2 is 2.19 bits per heavy atom. The van der Waals surface area contributed by atoms with Crippen LogP contribution in [-0.4, -0.2) is 18.2 Å². The number of halogens is 1. The largest absolute Gasteiger partial charge is 0.494 e. The summed E-state index contributed by atoms with van der Waals surface area (Å²) in [5.41, 5.74) is 1.55. The molecule has 0 amide bonds. The number of ether oxygens (including phenoxy) is 1. The SMILES string of the molecule is COc1cc(C)c(C(C)CC(=O)O)cc1F. The van der Waals surface area contributed by atoms with Crippen LogP contribution >= 0.6 is 0 Å². The summed E-state index contributed by atoms with van der Waals surface area (Å²) in [5.74, 6) is -1.37. The number of aliphatic carboxylic acids is 1. The van der Waals surface area contributed by atoms with Crippen LogP contribution in [-0.2, 0) is 4.79 Å². The number of rotatable bonds is 4. The van der Waals surface area contributed by atoms with E-state index in [1.165, 1.54) is 13.2 Å². The summed E-state index contributed by atoms with van der Waals surface area (Å²) in [7, 11) is 1.40. The minimum atomic E-state index is -0.886. The number of hydrogen-bond acceptors (Lipinski definition) is 2. The molecule has 88 valence electrons. The average Bonchev–Trinajstić information content (AvgIpc) is 2.19. The van der Waals surface area contributed by atoms with Crippen molar-refractivity contribution in [3.8, 4) is 5.75 Å². The van der Waals surface area contributed by atoms with Gasteiger partial charge in [0.2, 0.25) is 0 Å². The van der Waals surface area contributed by atoms with Crippen LogP contribution < -0.4 is 4.74 Å². The van der Waals surface area contributed by atoms with Gasteiger partial charge in [0.25, 0.3) is 0 Å². The molecule has 1 aromatic rings. The van der Waals surface area contributed by atoms with Crippen molar-refractivity contribution in [1.82, 2.24) is 0 Å². The van der Waals surface area contributed by atoms with E-state index in [1.807, 2.05) is 6.92 Å². The lowest BCUT2D eigenvalue weighted by Gasteiger charge is -2.14. The monoisotopic (exact) mass is 226 g/mol. The molecule has 0 aliphatic heterocycles. The zero-order valence-electron chi connectivity index (χ0n) is 9.58. The topological polar surface area (TPSA) is 46.5 Å². The summed E-state index contributed by atoms with van der Waals surface area (Å²) >= 11 is 0. The van der Waals surface area contributed by atoms with Gasteiger partial charge in [-0.3, -0.25) is 4.79 Å². The standard InChI is InChI=1S/C12H15FO3/c1-7-4-11(16-3)10(13)6-9(7)8(2)5-12(14)15/h4,6,8H,5H2,1-3H3,(H,14,15). The number of carboxylic acids is 1. The van der Waals surface area contributed by atoms with Crippen LogP contribution in [0.2, 0.25) is 0 Å². The van der Waals surface area contributed by atoms with Crippen LogP contribution in [0.1, 0.15) is 30.4 Å². The average molecular weight is 226 g/mol. The van der Waals surface area contributed by atoms with Crippen LogP contribution in [0.25, 0.3) is 0 Å². The molecule has 0 saturated heterocycles. The van der Waals surface area contributed by atoms with E-state index in [-0.39, 0.29) is 18.1 Å². The van der Waals surface area contributed by atoms with E-state index in [0.717, 1.165) is 5.56 Å². The highest BCUT2D eigenvalue weighted by Crippen LogP contribution is 2.28. The quantitative estimate of drug-likeness (QED) is 0.858. The Labute approximate surface area is 93.9 Å². The predicted molar refractivity (Wildman–Crippen MR) is 58.4 cm³/mol. The normalized spacial score (nSPS) is 12.2. The fourth-order valence-corrected chi connectivity index (χ4v) is 1.73. The molecule has 0 heterocycles. The highest BCUT2D eigenvalue weighted by atomic mass is 19.1. The second kappa shape index (κ2) is 4.96. The molecule has 1 N–H and O–H groups in total. The van der Waals surface area contributed by atoms with Gasteiger partial charge in [-0.1, -0.05) is 6.92 Å². The van der Waals surface area contributed by atoms with Gasteiger partial charge >= 0.3 is 5.97 Å². The molecule has 1 atom stereocenters. The molecule has 0 bridgehead atoms. The first kappa shape index (κ1) is 12.5. The van der Waals surface area contributed by atoms with Gasteiger partial charge in [-0.15, -0.1) is 0 Å². The van der Waals surface area contributed by atoms with Crippen LogP contribution in [0, 0.1) is 12.7 Å². The molecule has 3 nitrogen and oxygen atoms in total. The van der Waals surface area contributed by atoms with Crippen LogP contribution in [0.4, 0.5) is 4.39 Å². The van der Waals surface area contributed by atoms with Crippen molar-refractivity contribution in [3.05, 3.63) is 29.1 Å². The minimum absolute atomic E-state index is 0.00733. The number of carboxylic acid groups (broad SMARTS) is 1. The molecule has 4 heteroatoms. The maximum absolute atomic E-state index is 13.5. The molecule has 0 radical (unpaired) electrons. The molecule has 0 spiro atoms. The first-order chi connectivity index (χ1) is 7.45. The van der Waals surface area contributed by atoms with Crippen molar-refractivity contribution < 1.29 is 19.0 Å². The summed E-state index contributed by atoms with van der Waals surface area (Å²) in [6.45, 7) is 3.58. The Kier molecular flexibility index (Phi) is 3.88. The van der Waals surface area contributed by atoms with E-state index in [2.05, 4.69) is 0 Å². The number of benzene rings is 1.